The van der Waals surface area contributed by atoms with E-state index in [2.05, 4.69) is 71.4 Å². The summed E-state index contributed by atoms with van der Waals surface area (Å²) in [4.78, 5) is 6.27. The molecule has 4 aromatic rings. The van der Waals surface area contributed by atoms with E-state index in [1.807, 2.05) is 30.0 Å². The van der Waals surface area contributed by atoms with Crippen molar-refractivity contribution in [2.75, 3.05) is 12.9 Å². The molecular formula is C26H29N3OS. The number of para-hydroxylation sites is 1. The van der Waals surface area contributed by atoms with E-state index in [4.69, 9.17) is 9.72 Å². The van der Waals surface area contributed by atoms with E-state index in [9.17, 15) is 0 Å². The molecule has 0 saturated heterocycles. The summed E-state index contributed by atoms with van der Waals surface area (Å²) in [5, 5.41) is 3.56. The predicted molar refractivity (Wildman–Crippen MR) is 130 cm³/mol. The first-order valence-electron chi connectivity index (χ1n) is 10.8. The average molecular weight is 432 g/mol. The topological polar surface area (TPSA) is 39.1 Å². The highest BCUT2D eigenvalue weighted by atomic mass is 32.2. The first kappa shape index (κ1) is 21.5. The molecule has 4 rings (SSSR count). The zero-order chi connectivity index (χ0) is 21.5. The quantitative estimate of drug-likeness (QED) is 0.318. The molecule has 0 amide bonds. The summed E-state index contributed by atoms with van der Waals surface area (Å²) >= 11 is 1.91. The summed E-state index contributed by atoms with van der Waals surface area (Å²) in [6, 6.07) is 25.4. The molecule has 1 N–H and O–H groups in total. The third-order valence-corrected chi connectivity index (χ3v) is 6.45. The van der Waals surface area contributed by atoms with Gasteiger partial charge in [0.15, 0.2) is 0 Å². The van der Waals surface area contributed by atoms with Gasteiger partial charge in [-0.05, 0) is 42.0 Å². The van der Waals surface area contributed by atoms with Gasteiger partial charge in [0.05, 0.1) is 24.7 Å². The molecule has 5 heteroatoms. The molecule has 1 heterocycles. The Balaban J connectivity index is 1.60. The number of thioether (sulfide) groups is 1. The first-order chi connectivity index (χ1) is 15.3. The summed E-state index contributed by atoms with van der Waals surface area (Å²) in [6.07, 6.45) is 1.17. The third-order valence-electron chi connectivity index (χ3n) is 5.25. The Kier molecular flexibility index (Phi) is 7.28. The van der Waals surface area contributed by atoms with Crippen LogP contribution in [-0.4, -0.2) is 22.4 Å². The maximum atomic E-state index is 5.48. The maximum Gasteiger partial charge on any atom is 0.124 e. The fraction of sp³-hybridized carbons (Fsp3) is 0.269. The molecule has 0 spiro atoms. The van der Waals surface area contributed by atoms with Crippen LogP contribution in [0.1, 0.15) is 30.3 Å². The lowest BCUT2D eigenvalue weighted by molar-refractivity contribution is 0.407. The lowest BCUT2D eigenvalue weighted by Gasteiger charge is -2.12. The van der Waals surface area contributed by atoms with Crippen LogP contribution in [0.25, 0.3) is 11.0 Å². The van der Waals surface area contributed by atoms with Crippen molar-refractivity contribution in [3.8, 4) is 5.75 Å². The molecule has 160 valence electrons. The number of rotatable bonds is 10. The normalized spacial score (nSPS) is 11.2. The molecule has 0 bridgehead atoms. The number of aromatic nitrogens is 2. The van der Waals surface area contributed by atoms with Crippen LogP contribution in [0.3, 0.4) is 0 Å². The second-order valence-corrected chi connectivity index (χ2v) is 8.68. The Morgan fingerprint density at radius 1 is 0.968 bits per heavy atom. The molecule has 0 aliphatic heterocycles. The van der Waals surface area contributed by atoms with Crippen molar-refractivity contribution in [1.29, 1.82) is 0 Å². The van der Waals surface area contributed by atoms with E-state index in [-0.39, 0.29) is 0 Å². The minimum absolute atomic E-state index is 0.691. The van der Waals surface area contributed by atoms with Gasteiger partial charge < -0.3 is 14.6 Å². The summed E-state index contributed by atoms with van der Waals surface area (Å²) in [5.41, 5.74) is 4.67. The van der Waals surface area contributed by atoms with Gasteiger partial charge in [-0.25, -0.2) is 4.98 Å². The van der Waals surface area contributed by atoms with Crippen LogP contribution in [0.2, 0.25) is 0 Å². The molecule has 0 radical (unpaired) electrons. The number of methoxy groups -OCH3 is 1. The highest BCUT2D eigenvalue weighted by molar-refractivity contribution is 7.99. The van der Waals surface area contributed by atoms with E-state index in [0.717, 1.165) is 41.5 Å². The zero-order valence-corrected chi connectivity index (χ0v) is 19.0. The molecule has 4 nitrogen and oxygen atoms in total. The number of ether oxygens (including phenoxy) is 1. The Hall–Kier alpha value is -2.76. The Morgan fingerprint density at radius 2 is 1.77 bits per heavy atom. The number of benzene rings is 3. The van der Waals surface area contributed by atoms with Crippen LogP contribution in [0.15, 0.2) is 77.7 Å². The fourth-order valence-electron chi connectivity index (χ4n) is 3.70. The molecule has 0 aliphatic rings. The average Bonchev–Trinajstić information content (AvgIpc) is 3.15. The second-order valence-electron chi connectivity index (χ2n) is 7.51. The lowest BCUT2D eigenvalue weighted by atomic mass is 10.2. The van der Waals surface area contributed by atoms with E-state index in [1.54, 1.807) is 7.11 Å². The summed E-state index contributed by atoms with van der Waals surface area (Å²) in [6.45, 7) is 4.45. The Bertz CT molecular complexity index is 1120. The Labute approximate surface area is 188 Å². The standard InChI is InChI=1S/C26H29N3OS/c1-3-15-31-22-13-14-23-24(16-22)29(19-20-9-5-4-6-10-20)26(28-23)18-27-17-21-11-7-8-12-25(21)30-2/h4-14,16,27H,3,15,17-19H2,1-2H3. The lowest BCUT2D eigenvalue weighted by Crippen LogP contribution is -2.17. The van der Waals surface area contributed by atoms with Gasteiger partial charge in [-0.15, -0.1) is 11.8 Å². The van der Waals surface area contributed by atoms with E-state index in [0.29, 0.717) is 6.54 Å². The molecule has 3 aromatic carbocycles. The molecule has 0 unspecified atom stereocenters. The number of hydrogen-bond acceptors (Lipinski definition) is 4. The molecule has 31 heavy (non-hydrogen) atoms. The number of imidazole rings is 1. The van der Waals surface area contributed by atoms with Gasteiger partial charge in [0.25, 0.3) is 0 Å². The van der Waals surface area contributed by atoms with Crippen LogP contribution >= 0.6 is 11.8 Å². The minimum Gasteiger partial charge on any atom is -0.496 e. The molecule has 1 aromatic heterocycles. The van der Waals surface area contributed by atoms with Crippen molar-refractivity contribution in [1.82, 2.24) is 14.9 Å². The Morgan fingerprint density at radius 3 is 2.58 bits per heavy atom. The number of nitrogens with zero attached hydrogens (tertiary/aromatic N) is 2. The number of nitrogens with one attached hydrogen (secondary N) is 1. The van der Waals surface area contributed by atoms with Gasteiger partial charge in [0, 0.05) is 23.5 Å². The first-order valence-corrected chi connectivity index (χ1v) is 11.8. The largest absolute Gasteiger partial charge is 0.496 e. The second kappa shape index (κ2) is 10.5. The summed E-state index contributed by atoms with van der Waals surface area (Å²) in [5.74, 6) is 3.09. The van der Waals surface area contributed by atoms with Crippen molar-refractivity contribution in [3.05, 3.63) is 89.7 Å². The van der Waals surface area contributed by atoms with Crippen LogP contribution in [0.4, 0.5) is 0 Å². The van der Waals surface area contributed by atoms with Gasteiger partial charge in [-0.3, -0.25) is 0 Å². The maximum absolute atomic E-state index is 5.48. The van der Waals surface area contributed by atoms with Gasteiger partial charge in [-0.2, -0.15) is 0 Å². The van der Waals surface area contributed by atoms with E-state index < -0.39 is 0 Å². The number of hydrogen-bond donors (Lipinski definition) is 1. The highest BCUT2D eigenvalue weighted by Gasteiger charge is 2.12. The minimum atomic E-state index is 0.691. The van der Waals surface area contributed by atoms with Crippen LogP contribution in [-0.2, 0) is 19.6 Å². The van der Waals surface area contributed by atoms with Crippen molar-refractivity contribution < 1.29 is 4.74 Å². The fourth-order valence-corrected chi connectivity index (χ4v) is 4.50. The molecule has 0 fully saturated rings. The monoisotopic (exact) mass is 431 g/mol. The highest BCUT2D eigenvalue weighted by Crippen LogP contribution is 2.26. The van der Waals surface area contributed by atoms with Crippen molar-refractivity contribution >= 4 is 22.8 Å². The van der Waals surface area contributed by atoms with Crippen LogP contribution in [0.5, 0.6) is 5.75 Å². The van der Waals surface area contributed by atoms with Crippen molar-refractivity contribution in [2.45, 2.75) is 37.9 Å². The van der Waals surface area contributed by atoms with Crippen LogP contribution in [0, 0.1) is 0 Å². The third kappa shape index (κ3) is 5.30. The van der Waals surface area contributed by atoms with Crippen molar-refractivity contribution in [2.24, 2.45) is 0 Å². The van der Waals surface area contributed by atoms with E-state index >= 15 is 0 Å². The van der Waals surface area contributed by atoms with Gasteiger partial charge in [0.1, 0.15) is 11.6 Å². The molecule has 0 aliphatic carbocycles. The smallest absolute Gasteiger partial charge is 0.124 e. The van der Waals surface area contributed by atoms with Crippen molar-refractivity contribution in [3.63, 3.8) is 0 Å². The predicted octanol–water partition coefficient (Wildman–Crippen LogP) is 5.89. The van der Waals surface area contributed by atoms with Gasteiger partial charge in [0.2, 0.25) is 0 Å². The summed E-state index contributed by atoms with van der Waals surface area (Å²) in [7, 11) is 1.71. The van der Waals surface area contributed by atoms with Gasteiger partial charge >= 0.3 is 0 Å². The van der Waals surface area contributed by atoms with Crippen LogP contribution < -0.4 is 10.1 Å². The zero-order valence-electron chi connectivity index (χ0n) is 18.2. The van der Waals surface area contributed by atoms with Gasteiger partial charge in [-0.1, -0.05) is 55.5 Å². The molecular weight excluding hydrogens is 402 g/mol. The van der Waals surface area contributed by atoms with E-state index in [1.165, 1.54) is 22.4 Å². The molecule has 0 atom stereocenters. The molecule has 0 saturated carbocycles. The summed E-state index contributed by atoms with van der Waals surface area (Å²) < 4.78 is 7.82. The number of fused-ring (bicyclic) bond motifs is 1. The SMILES string of the molecule is CCCSc1ccc2nc(CNCc3ccccc3OC)n(Cc3ccccc3)c2c1.